The zero-order valence-electron chi connectivity index (χ0n) is 8.03. The molecule has 0 aliphatic rings. The first-order valence-electron chi connectivity index (χ1n) is 4.61. The van der Waals surface area contributed by atoms with Gasteiger partial charge in [-0.15, -0.1) is 6.58 Å². The summed E-state index contributed by atoms with van der Waals surface area (Å²) in [4.78, 5) is 4.07. The fraction of sp³-hybridized carbons (Fsp3) is 0.364. The van der Waals surface area contributed by atoms with Crippen LogP contribution in [-0.2, 0) is 6.42 Å². The quantitative estimate of drug-likeness (QED) is 0.692. The molecule has 1 aromatic heterocycles. The van der Waals surface area contributed by atoms with E-state index < -0.39 is 0 Å². The molecular formula is C11H16N2. The van der Waals surface area contributed by atoms with Crippen LogP contribution in [0.4, 0.5) is 0 Å². The third kappa shape index (κ3) is 3.38. The van der Waals surface area contributed by atoms with Crippen molar-refractivity contribution >= 4 is 0 Å². The highest BCUT2D eigenvalue weighted by atomic mass is 14.9. The van der Waals surface area contributed by atoms with Crippen molar-refractivity contribution in [1.29, 1.82) is 0 Å². The van der Waals surface area contributed by atoms with Gasteiger partial charge in [0.05, 0.1) is 0 Å². The first-order chi connectivity index (χ1) is 6.36. The molecule has 1 N–H and O–H groups in total. The Morgan fingerprint density at radius 2 is 2.54 bits per heavy atom. The zero-order valence-corrected chi connectivity index (χ0v) is 8.03. The van der Waals surface area contributed by atoms with Gasteiger partial charge in [0.15, 0.2) is 0 Å². The van der Waals surface area contributed by atoms with Crippen LogP contribution in [0.5, 0.6) is 0 Å². The van der Waals surface area contributed by atoms with Crippen LogP contribution in [-0.4, -0.2) is 17.6 Å². The van der Waals surface area contributed by atoms with Gasteiger partial charge in [0, 0.05) is 18.4 Å². The number of hydrogen-bond donors (Lipinski definition) is 1. The van der Waals surface area contributed by atoms with Crippen molar-refractivity contribution in [3.05, 3.63) is 42.7 Å². The van der Waals surface area contributed by atoms with Crippen molar-refractivity contribution in [2.75, 3.05) is 6.54 Å². The van der Waals surface area contributed by atoms with Crippen LogP contribution in [0.1, 0.15) is 12.5 Å². The number of hydrogen-bond acceptors (Lipinski definition) is 2. The Morgan fingerprint density at radius 1 is 1.69 bits per heavy atom. The van der Waals surface area contributed by atoms with Gasteiger partial charge in [0.25, 0.3) is 0 Å². The summed E-state index contributed by atoms with van der Waals surface area (Å²) < 4.78 is 0. The largest absolute Gasteiger partial charge is 0.310 e. The van der Waals surface area contributed by atoms with E-state index in [0.29, 0.717) is 6.04 Å². The van der Waals surface area contributed by atoms with E-state index >= 15 is 0 Å². The van der Waals surface area contributed by atoms with Gasteiger partial charge >= 0.3 is 0 Å². The maximum Gasteiger partial charge on any atom is 0.0300 e. The van der Waals surface area contributed by atoms with Gasteiger partial charge in [-0.1, -0.05) is 19.1 Å². The average Bonchev–Trinajstić information content (AvgIpc) is 2.19. The Bertz CT molecular complexity index is 244. The Balaban J connectivity index is 2.51. The maximum absolute atomic E-state index is 4.07. The van der Waals surface area contributed by atoms with Crippen LogP contribution < -0.4 is 5.32 Å². The lowest BCUT2D eigenvalue weighted by Crippen LogP contribution is -2.28. The molecule has 13 heavy (non-hydrogen) atoms. The van der Waals surface area contributed by atoms with E-state index in [1.165, 1.54) is 5.56 Å². The summed E-state index contributed by atoms with van der Waals surface area (Å²) in [5.74, 6) is 0. The highest BCUT2D eigenvalue weighted by Gasteiger charge is 2.02. The minimum absolute atomic E-state index is 0.356. The molecule has 0 aliphatic carbocycles. The summed E-state index contributed by atoms with van der Waals surface area (Å²) in [5, 5.41) is 3.33. The van der Waals surface area contributed by atoms with Crippen LogP contribution in [0.3, 0.4) is 0 Å². The van der Waals surface area contributed by atoms with Crippen LogP contribution in [0, 0.1) is 0 Å². The molecular weight excluding hydrogens is 160 g/mol. The minimum Gasteiger partial charge on any atom is -0.310 e. The minimum atomic E-state index is 0.356. The highest BCUT2D eigenvalue weighted by molar-refractivity contribution is 5.12. The molecule has 2 nitrogen and oxygen atoms in total. The van der Waals surface area contributed by atoms with Crippen LogP contribution in [0.2, 0.25) is 0 Å². The van der Waals surface area contributed by atoms with E-state index in [1.54, 1.807) is 6.20 Å². The van der Waals surface area contributed by atoms with E-state index in [1.807, 2.05) is 18.3 Å². The molecule has 1 heterocycles. The van der Waals surface area contributed by atoms with E-state index in [-0.39, 0.29) is 0 Å². The zero-order chi connectivity index (χ0) is 9.52. The third-order valence-corrected chi connectivity index (χ3v) is 1.93. The van der Waals surface area contributed by atoms with Crippen molar-refractivity contribution in [3.8, 4) is 0 Å². The van der Waals surface area contributed by atoms with Crippen LogP contribution >= 0.6 is 0 Å². The SMILES string of the molecule is C=CC(Cc1cccnc1)NCC. The van der Waals surface area contributed by atoms with Gasteiger partial charge in [-0.3, -0.25) is 4.98 Å². The van der Waals surface area contributed by atoms with E-state index in [4.69, 9.17) is 0 Å². The molecule has 2 heteroatoms. The fourth-order valence-corrected chi connectivity index (χ4v) is 1.27. The van der Waals surface area contributed by atoms with E-state index in [0.717, 1.165) is 13.0 Å². The molecule has 70 valence electrons. The number of nitrogens with one attached hydrogen (secondary N) is 1. The number of nitrogens with zero attached hydrogens (tertiary/aromatic N) is 1. The highest BCUT2D eigenvalue weighted by Crippen LogP contribution is 2.01. The van der Waals surface area contributed by atoms with Gasteiger partial charge in [0.1, 0.15) is 0 Å². The lowest BCUT2D eigenvalue weighted by Gasteiger charge is -2.12. The lowest BCUT2D eigenvalue weighted by molar-refractivity contribution is 0.612. The summed E-state index contributed by atoms with van der Waals surface area (Å²) >= 11 is 0. The van der Waals surface area contributed by atoms with Gasteiger partial charge in [-0.05, 0) is 24.6 Å². The topological polar surface area (TPSA) is 24.9 Å². The normalized spacial score (nSPS) is 12.4. The average molecular weight is 176 g/mol. The molecule has 0 fully saturated rings. The summed E-state index contributed by atoms with van der Waals surface area (Å²) in [5.41, 5.74) is 1.24. The van der Waals surface area contributed by atoms with Crippen molar-refractivity contribution in [1.82, 2.24) is 10.3 Å². The van der Waals surface area contributed by atoms with Gasteiger partial charge in [0.2, 0.25) is 0 Å². The van der Waals surface area contributed by atoms with Gasteiger partial charge in [-0.2, -0.15) is 0 Å². The molecule has 0 radical (unpaired) electrons. The third-order valence-electron chi connectivity index (χ3n) is 1.93. The molecule has 1 atom stereocenters. The predicted octanol–water partition coefficient (Wildman–Crippen LogP) is 1.79. The molecule has 0 aromatic carbocycles. The number of aromatic nitrogens is 1. The predicted molar refractivity (Wildman–Crippen MR) is 55.6 cm³/mol. The molecule has 0 saturated heterocycles. The number of pyridine rings is 1. The maximum atomic E-state index is 4.07. The first kappa shape index (κ1) is 9.93. The summed E-state index contributed by atoms with van der Waals surface area (Å²) in [6, 6.07) is 4.40. The summed E-state index contributed by atoms with van der Waals surface area (Å²) in [7, 11) is 0. The van der Waals surface area contributed by atoms with Crippen molar-refractivity contribution < 1.29 is 0 Å². The fourth-order valence-electron chi connectivity index (χ4n) is 1.27. The summed E-state index contributed by atoms with van der Waals surface area (Å²) in [6.07, 6.45) is 6.59. The molecule has 0 bridgehead atoms. The standard InChI is InChI=1S/C11H16N2/c1-3-11(13-4-2)8-10-6-5-7-12-9-10/h3,5-7,9,11,13H,1,4,8H2,2H3. The smallest absolute Gasteiger partial charge is 0.0300 e. The Morgan fingerprint density at radius 3 is 3.08 bits per heavy atom. The second kappa shape index (κ2) is 5.49. The molecule has 0 aliphatic heterocycles. The molecule has 1 unspecified atom stereocenters. The van der Waals surface area contributed by atoms with E-state index in [2.05, 4.69) is 29.9 Å². The molecule has 1 aromatic rings. The number of likely N-dealkylation sites (N-methyl/N-ethyl adjacent to an activating group) is 1. The Labute approximate surface area is 79.7 Å². The Hall–Kier alpha value is -1.15. The van der Waals surface area contributed by atoms with Gasteiger partial charge in [-0.25, -0.2) is 0 Å². The van der Waals surface area contributed by atoms with E-state index in [9.17, 15) is 0 Å². The van der Waals surface area contributed by atoms with Gasteiger partial charge < -0.3 is 5.32 Å². The number of rotatable bonds is 5. The summed E-state index contributed by atoms with van der Waals surface area (Å²) in [6.45, 7) is 6.86. The van der Waals surface area contributed by atoms with Crippen molar-refractivity contribution in [2.24, 2.45) is 0 Å². The molecule has 0 spiro atoms. The molecule has 1 rings (SSSR count). The first-order valence-corrected chi connectivity index (χ1v) is 4.61. The molecule has 0 saturated carbocycles. The van der Waals surface area contributed by atoms with Crippen molar-refractivity contribution in [2.45, 2.75) is 19.4 Å². The monoisotopic (exact) mass is 176 g/mol. The Kier molecular flexibility index (Phi) is 4.19. The second-order valence-corrected chi connectivity index (χ2v) is 2.97. The second-order valence-electron chi connectivity index (χ2n) is 2.97. The van der Waals surface area contributed by atoms with Crippen LogP contribution in [0.25, 0.3) is 0 Å². The van der Waals surface area contributed by atoms with Crippen molar-refractivity contribution in [3.63, 3.8) is 0 Å². The lowest BCUT2D eigenvalue weighted by atomic mass is 10.1. The molecule has 0 amide bonds. The van der Waals surface area contributed by atoms with Crippen LogP contribution in [0.15, 0.2) is 37.2 Å².